The lowest BCUT2D eigenvalue weighted by molar-refractivity contribution is 0.579. The fraction of sp³-hybridized carbons (Fsp3) is 0.167. The fourth-order valence-corrected chi connectivity index (χ4v) is 2.12. The van der Waals surface area contributed by atoms with E-state index >= 15 is 0 Å². The van der Waals surface area contributed by atoms with Crippen molar-refractivity contribution < 1.29 is 4.39 Å². The second-order valence-corrected chi connectivity index (χ2v) is 4.34. The summed E-state index contributed by atoms with van der Waals surface area (Å²) in [5.41, 5.74) is 0.578. The normalized spacial score (nSPS) is 11.1. The molecule has 7 nitrogen and oxygen atoms in total. The molecule has 0 atom stereocenters. The number of nitrogens with one attached hydrogen (secondary N) is 1. The maximum absolute atomic E-state index is 12.8. The number of fused-ring (bicyclic) bond motifs is 1. The van der Waals surface area contributed by atoms with Gasteiger partial charge < -0.3 is 4.57 Å². The van der Waals surface area contributed by atoms with Crippen LogP contribution in [0.1, 0.15) is 5.69 Å². The van der Waals surface area contributed by atoms with Gasteiger partial charge in [0.25, 0.3) is 5.56 Å². The van der Waals surface area contributed by atoms with Crippen LogP contribution >= 0.6 is 0 Å². The molecule has 0 aliphatic carbocycles. The largest absolute Gasteiger partial charge is 0.324 e. The average Bonchev–Trinajstić information content (AvgIpc) is 2.97. The topological polar surface area (TPSA) is 80.9 Å². The monoisotopic (exact) mass is 274 g/mol. The summed E-state index contributed by atoms with van der Waals surface area (Å²) in [4.78, 5) is 16.2. The molecule has 3 aromatic heterocycles. The predicted octanol–water partition coefficient (Wildman–Crippen LogP) is 0.978. The van der Waals surface area contributed by atoms with E-state index in [1.165, 1.54) is 10.7 Å². The molecule has 1 N–H and O–H groups in total. The molecule has 3 heterocycles. The van der Waals surface area contributed by atoms with E-state index in [0.717, 1.165) is 0 Å². The maximum atomic E-state index is 12.8. The van der Waals surface area contributed by atoms with Crippen LogP contribution < -0.4 is 5.56 Å². The highest BCUT2D eigenvalue weighted by molar-refractivity contribution is 5.82. The van der Waals surface area contributed by atoms with Gasteiger partial charge in [-0.3, -0.25) is 9.89 Å². The number of aryl methyl sites for hydroxylation is 1. The van der Waals surface area contributed by atoms with Crippen LogP contribution in [0.5, 0.6) is 0 Å². The Morgan fingerprint density at radius 2 is 2.30 bits per heavy atom. The van der Waals surface area contributed by atoms with Gasteiger partial charge in [0.1, 0.15) is 11.3 Å². The van der Waals surface area contributed by atoms with Gasteiger partial charge in [-0.25, -0.2) is 9.67 Å². The van der Waals surface area contributed by atoms with Crippen LogP contribution in [0.4, 0.5) is 10.2 Å². The van der Waals surface area contributed by atoms with Crippen LogP contribution in [0, 0.1) is 5.95 Å². The van der Waals surface area contributed by atoms with Crippen LogP contribution in [-0.2, 0) is 13.6 Å². The standard InChI is InChI=1S/C12H11FN6O/c1-14-10-3-7-5-15-19(12(20)11(7)18(10)2)6-8-4-9(13)17-16-8/h3-5H,1,6H2,2H3,(H,16,17). The molecule has 0 saturated carbocycles. The zero-order valence-corrected chi connectivity index (χ0v) is 10.7. The minimum Gasteiger partial charge on any atom is -0.324 e. The molecule has 0 fully saturated rings. The van der Waals surface area contributed by atoms with Gasteiger partial charge in [0.05, 0.1) is 18.4 Å². The average molecular weight is 274 g/mol. The molecule has 0 unspecified atom stereocenters. The summed E-state index contributed by atoms with van der Waals surface area (Å²) in [6.45, 7) is 3.55. The van der Waals surface area contributed by atoms with Crippen molar-refractivity contribution in [1.82, 2.24) is 24.5 Å². The van der Waals surface area contributed by atoms with E-state index in [9.17, 15) is 9.18 Å². The number of H-pyrrole nitrogens is 1. The third-order valence-corrected chi connectivity index (χ3v) is 3.08. The Hall–Kier alpha value is -2.77. The lowest BCUT2D eigenvalue weighted by Gasteiger charge is -2.03. The number of aromatic amines is 1. The Kier molecular flexibility index (Phi) is 2.70. The number of nitrogens with zero attached hydrogens (tertiary/aromatic N) is 5. The van der Waals surface area contributed by atoms with Gasteiger partial charge in [0.2, 0.25) is 5.95 Å². The third-order valence-electron chi connectivity index (χ3n) is 3.08. The second-order valence-electron chi connectivity index (χ2n) is 4.34. The van der Waals surface area contributed by atoms with Gasteiger partial charge in [-0.05, 0) is 12.8 Å². The van der Waals surface area contributed by atoms with E-state index in [-0.39, 0.29) is 12.1 Å². The summed E-state index contributed by atoms with van der Waals surface area (Å²) in [6.07, 6.45) is 1.56. The lowest BCUT2D eigenvalue weighted by atomic mass is 10.3. The van der Waals surface area contributed by atoms with E-state index in [0.29, 0.717) is 22.4 Å². The van der Waals surface area contributed by atoms with Crippen LogP contribution in [0.15, 0.2) is 28.1 Å². The molecule has 0 amide bonds. The maximum Gasteiger partial charge on any atom is 0.291 e. The highest BCUT2D eigenvalue weighted by Crippen LogP contribution is 2.20. The quantitative estimate of drug-likeness (QED) is 0.723. The van der Waals surface area contributed by atoms with Gasteiger partial charge in [0.15, 0.2) is 0 Å². The van der Waals surface area contributed by atoms with Gasteiger partial charge in [-0.2, -0.15) is 14.6 Å². The smallest absolute Gasteiger partial charge is 0.291 e. The van der Waals surface area contributed by atoms with E-state index in [1.54, 1.807) is 23.9 Å². The van der Waals surface area contributed by atoms with Crippen molar-refractivity contribution in [3.63, 3.8) is 0 Å². The van der Waals surface area contributed by atoms with Gasteiger partial charge in [-0.1, -0.05) is 0 Å². The Labute approximate surface area is 112 Å². The molecule has 0 spiro atoms. The molecular formula is C12H11FN6O. The number of hydrogen-bond acceptors (Lipinski definition) is 4. The van der Waals surface area contributed by atoms with Gasteiger partial charge in [-0.15, -0.1) is 0 Å². The van der Waals surface area contributed by atoms with E-state index in [4.69, 9.17) is 0 Å². The minimum absolute atomic E-state index is 0.0945. The number of aromatic nitrogens is 5. The number of rotatable bonds is 3. The van der Waals surface area contributed by atoms with E-state index in [1.807, 2.05) is 0 Å². The fourth-order valence-electron chi connectivity index (χ4n) is 2.12. The van der Waals surface area contributed by atoms with Crippen LogP contribution in [-0.4, -0.2) is 31.3 Å². The van der Waals surface area contributed by atoms with E-state index in [2.05, 4.69) is 27.0 Å². The summed E-state index contributed by atoms with van der Waals surface area (Å²) < 4.78 is 15.7. The zero-order valence-electron chi connectivity index (χ0n) is 10.7. The second kappa shape index (κ2) is 4.41. The SMILES string of the molecule is C=Nc1cc2cnn(Cc3cc(F)[nH]n3)c(=O)c2n1C. The molecule has 3 aromatic rings. The first kappa shape index (κ1) is 12.3. The molecule has 3 rings (SSSR count). The first-order valence-corrected chi connectivity index (χ1v) is 5.82. The summed E-state index contributed by atoms with van der Waals surface area (Å²) in [6, 6.07) is 2.95. The Morgan fingerprint density at radius 1 is 1.50 bits per heavy atom. The van der Waals surface area contributed by atoms with Crippen molar-refractivity contribution in [1.29, 1.82) is 0 Å². The summed E-state index contributed by atoms with van der Waals surface area (Å²) in [7, 11) is 1.73. The van der Waals surface area contributed by atoms with Crippen molar-refractivity contribution in [3.05, 3.63) is 40.3 Å². The molecule has 0 saturated heterocycles. The van der Waals surface area contributed by atoms with Crippen molar-refractivity contribution >= 4 is 23.4 Å². The van der Waals surface area contributed by atoms with Crippen molar-refractivity contribution in [2.24, 2.45) is 12.0 Å². The highest BCUT2D eigenvalue weighted by atomic mass is 19.1. The van der Waals surface area contributed by atoms with Gasteiger partial charge in [0, 0.05) is 18.5 Å². The Bertz CT molecular complexity index is 859. The Morgan fingerprint density at radius 3 is 2.95 bits per heavy atom. The summed E-state index contributed by atoms with van der Waals surface area (Å²) in [5.74, 6) is 0.0357. The first-order valence-electron chi connectivity index (χ1n) is 5.82. The molecule has 0 aromatic carbocycles. The number of hydrogen-bond donors (Lipinski definition) is 1. The zero-order chi connectivity index (χ0) is 14.3. The van der Waals surface area contributed by atoms with Crippen molar-refractivity contribution in [3.8, 4) is 0 Å². The molecule has 102 valence electrons. The van der Waals surface area contributed by atoms with Gasteiger partial charge >= 0.3 is 0 Å². The third kappa shape index (κ3) is 1.81. The summed E-state index contributed by atoms with van der Waals surface area (Å²) in [5, 5.41) is 10.7. The predicted molar refractivity (Wildman–Crippen MR) is 71.8 cm³/mol. The first-order chi connectivity index (χ1) is 9.60. The van der Waals surface area contributed by atoms with Crippen LogP contribution in [0.3, 0.4) is 0 Å². The molecule has 20 heavy (non-hydrogen) atoms. The molecule has 0 aliphatic heterocycles. The Balaban J connectivity index is 2.13. The highest BCUT2D eigenvalue weighted by Gasteiger charge is 2.12. The van der Waals surface area contributed by atoms with Crippen molar-refractivity contribution in [2.75, 3.05) is 0 Å². The molecular weight excluding hydrogens is 263 g/mol. The number of aliphatic imine (C=N–C) groups is 1. The van der Waals surface area contributed by atoms with Crippen LogP contribution in [0.2, 0.25) is 0 Å². The lowest BCUT2D eigenvalue weighted by Crippen LogP contribution is -2.24. The molecule has 0 bridgehead atoms. The van der Waals surface area contributed by atoms with Crippen molar-refractivity contribution in [2.45, 2.75) is 6.54 Å². The molecule has 0 radical (unpaired) electrons. The van der Waals surface area contributed by atoms with Crippen LogP contribution in [0.25, 0.3) is 10.9 Å². The molecule has 0 aliphatic rings. The van der Waals surface area contributed by atoms with E-state index < -0.39 is 5.95 Å². The summed E-state index contributed by atoms with van der Waals surface area (Å²) >= 11 is 0. The minimum atomic E-state index is -0.550. The molecule has 8 heteroatoms. The number of halogens is 1.